The largest absolute Gasteiger partial charge is 0.489 e. The van der Waals surface area contributed by atoms with Gasteiger partial charge in [-0.25, -0.2) is 4.79 Å². The van der Waals surface area contributed by atoms with Crippen LogP contribution in [0, 0.1) is 6.92 Å². The number of nitrogens with zero attached hydrogens (tertiary/aromatic N) is 2. The summed E-state index contributed by atoms with van der Waals surface area (Å²) in [6, 6.07) is 7.30. The van der Waals surface area contributed by atoms with Crippen LogP contribution in [0.3, 0.4) is 0 Å². The van der Waals surface area contributed by atoms with Crippen LogP contribution in [0.15, 0.2) is 36.7 Å². The van der Waals surface area contributed by atoms with Crippen LogP contribution in [0.5, 0.6) is 5.75 Å². The Morgan fingerprint density at radius 2 is 2.29 bits per heavy atom. The predicted molar refractivity (Wildman–Crippen MR) is 78.9 cm³/mol. The highest BCUT2D eigenvalue weighted by molar-refractivity contribution is 5.93. The number of aromatic carboxylic acids is 1. The Balaban J connectivity index is 1.94. The van der Waals surface area contributed by atoms with E-state index >= 15 is 0 Å². The summed E-state index contributed by atoms with van der Waals surface area (Å²) in [7, 11) is 0. The number of fused-ring (bicyclic) bond motifs is 1. The van der Waals surface area contributed by atoms with Crippen LogP contribution in [0.4, 0.5) is 5.69 Å². The molecular weight excluding hydrogens is 268 g/mol. The van der Waals surface area contributed by atoms with Crippen molar-refractivity contribution >= 4 is 11.7 Å². The molecule has 0 fully saturated rings. The van der Waals surface area contributed by atoms with Gasteiger partial charge < -0.3 is 14.7 Å². The third-order valence-electron chi connectivity index (χ3n) is 3.48. The van der Waals surface area contributed by atoms with Crippen LogP contribution in [0.25, 0.3) is 0 Å². The Bertz CT molecular complexity index is 685. The first kappa shape index (κ1) is 13.4. The van der Waals surface area contributed by atoms with Crippen molar-refractivity contribution in [2.75, 3.05) is 18.1 Å². The van der Waals surface area contributed by atoms with Gasteiger partial charge in [0.15, 0.2) is 5.75 Å². The second-order valence-corrected chi connectivity index (χ2v) is 5.10. The van der Waals surface area contributed by atoms with Crippen LogP contribution in [0.1, 0.15) is 21.5 Å². The second kappa shape index (κ2) is 5.44. The molecule has 0 bridgehead atoms. The van der Waals surface area contributed by atoms with E-state index in [2.05, 4.69) is 16.0 Å². The first-order valence-electron chi connectivity index (χ1n) is 6.80. The molecule has 1 aliphatic heterocycles. The molecule has 1 aromatic heterocycles. The van der Waals surface area contributed by atoms with Crippen molar-refractivity contribution in [2.45, 2.75) is 13.5 Å². The van der Waals surface area contributed by atoms with E-state index in [-0.39, 0.29) is 5.56 Å². The minimum atomic E-state index is -0.967. The summed E-state index contributed by atoms with van der Waals surface area (Å²) >= 11 is 0. The van der Waals surface area contributed by atoms with E-state index in [0.717, 1.165) is 23.4 Å². The molecule has 0 radical (unpaired) electrons. The fourth-order valence-corrected chi connectivity index (χ4v) is 2.56. The molecule has 0 amide bonds. The quantitative estimate of drug-likeness (QED) is 0.938. The number of rotatable bonds is 3. The molecule has 0 atom stereocenters. The number of hydrogen-bond donors (Lipinski definition) is 1. The van der Waals surface area contributed by atoms with E-state index in [1.165, 1.54) is 0 Å². The van der Waals surface area contributed by atoms with Gasteiger partial charge >= 0.3 is 5.97 Å². The van der Waals surface area contributed by atoms with Crippen molar-refractivity contribution < 1.29 is 14.6 Å². The molecule has 2 aromatic rings. The Morgan fingerprint density at radius 1 is 1.43 bits per heavy atom. The summed E-state index contributed by atoms with van der Waals surface area (Å²) in [4.78, 5) is 17.6. The molecule has 1 aliphatic rings. The summed E-state index contributed by atoms with van der Waals surface area (Å²) in [5.41, 5.74) is 3.24. The zero-order valence-corrected chi connectivity index (χ0v) is 11.7. The lowest BCUT2D eigenvalue weighted by Crippen LogP contribution is -2.33. The Kier molecular flexibility index (Phi) is 3.48. The van der Waals surface area contributed by atoms with Gasteiger partial charge in [-0.15, -0.1) is 0 Å². The summed E-state index contributed by atoms with van der Waals surface area (Å²) in [5.74, 6) is -0.511. The lowest BCUT2D eigenvalue weighted by Gasteiger charge is -2.32. The molecule has 3 rings (SSSR count). The van der Waals surface area contributed by atoms with Crippen molar-refractivity contribution in [2.24, 2.45) is 0 Å². The summed E-state index contributed by atoms with van der Waals surface area (Å²) < 4.78 is 5.57. The normalized spacial score (nSPS) is 13.5. The molecule has 1 N–H and O–H groups in total. The highest BCUT2D eigenvalue weighted by Crippen LogP contribution is 2.35. The van der Waals surface area contributed by atoms with Crippen molar-refractivity contribution in [3.8, 4) is 5.75 Å². The molecule has 2 heterocycles. The first-order chi connectivity index (χ1) is 10.1. The van der Waals surface area contributed by atoms with Crippen LogP contribution in [-0.4, -0.2) is 29.2 Å². The number of para-hydroxylation sites is 1. The summed E-state index contributed by atoms with van der Waals surface area (Å²) in [6.07, 6.45) is 3.66. The average Bonchev–Trinajstić information content (AvgIpc) is 2.47. The molecule has 1 aromatic carbocycles. The van der Waals surface area contributed by atoms with Gasteiger partial charge in [0, 0.05) is 18.9 Å². The summed E-state index contributed by atoms with van der Waals surface area (Å²) in [5, 5.41) is 9.24. The monoisotopic (exact) mass is 284 g/mol. The smallest absolute Gasteiger partial charge is 0.339 e. The minimum Gasteiger partial charge on any atom is -0.489 e. The Hall–Kier alpha value is -2.56. The number of carboxylic acids is 1. The third-order valence-corrected chi connectivity index (χ3v) is 3.48. The van der Waals surface area contributed by atoms with Gasteiger partial charge in [-0.1, -0.05) is 12.1 Å². The third kappa shape index (κ3) is 2.67. The predicted octanol–water partition coefficient (Wildman–Crippen LogP) is 2.49. The lowest BCUT2D eigenvalue weighted by molar-refractivity contribution is 0.0692. The number of ether oxygens (including phenoxy) is 1. The molecule has 108 valence electrons. The van der Waals surface area contributed by atoms with E-state index in [9.17, 15) is 9.90 Å². The van der Waals surface area contributed by atoms with Gasteiger partial charge in [0.05, 0.1) is 12.2 Å². The standard InChI is InChI=1S/C16H16N2O3/c1-11-7-12(9-17-8-11)10-18-5-6-21-15-13(16(19)20)3-2-4-14(15)18/h2-4,7-9H,5-6,10H2,1H3,(H,19,20). The van der Waals surface area contributed by atoms with E-state index in [4.69, 9.17) is 4.74 Å². The highest BCUT2D eigenvalue weighted by atomic mass is 16.5. The van der Waals surface area contributed by atoms with E-state index in [1.807, 2.05) is 25.4 Å². The Labute approximate surface area is 122 Å². The number of aryl methyl sites for hydroxylation is 1. The molecular formula is C16H16N2O3. The fraction of sp³-hybridized carbons (Fsp3) is 0.250. The van der Waals surface area contributed by atoms with Gasteiger partial charge in [-0.2, -0.15) is 0 Å². The van der Waals surface area contributed by atoms with Crippen LogP contribution in [0.2, 0.25) is 0 Å². The lowest BCUT2D eigenvalue weighted by atomic mass is 10.1. The maximum atomic E-state index is 11.3. The number of pyridine rings is 1. The van der Waals surface area contributed by atoms with Crippen molar-refractivity contribution in [1.29, 1.82) is 0 Å². The number of carboxylic acid groups (broad SMARTS) is 1. The topological polar surface area (TPSA) is 62.7 Å². The molecule has 5 heteroatoms. The van der Waals surface area contributed by atoms with Crippen molar-refractivity contribution in [1.82, 2.24) is 4.98 Å². The van der Waals surface area contributed by atoms with Gasteiger partial charge in [-0.3, -0.25) is 4.98 Å². The molecule has 0 saturated carbocycles. The van der Waals surface area contributed by atoms with Crippen LogP contribution >= 0.6 is 0 Å². The van der Waals surface area contributed by atoms with Crippen molar-refractivity contribution in [3.63, 3.8) is 0 Å². The van der Waals surface area contributed by atoms with Gasteiger partial charge in [-0.05, 0) is 30.2 Å². The SMILES string of the molecule is Cc1cncc(CN2CCOc3c(C(=O)O)cccc32)c1. The first-order valence-corrected chi connectivity index (χ1v) is 6.80. The van der Waals surface area contributed by atoms with Crippen molar-refractivity contribution in [3.05, 3.63) is 53.3 Å². The number of hydrogen-bond acceptors (Lipinski definition) is 4. The Morgan fingerprint density at radius 3 is 3.05 bits per heavy atom. The van der Waals surface area contributed by atoms with E-state index in [1.54, 1.807) is 12.1 Å². The molecule has 21 heavy (non-hydrogen) atoms. The van der Waals surface area contributed by atoms with Gasteiger partial charge in [0.2, 0.25) is 0 Å². The zero-order chi connectivity index (χ0) is 14.8. The molecule has 0 saturated heterocycles. The van der Waals surface area contributed by atoms with Gasteiger partial charge in [0.1, 0.15) is 12.2 Å². The minimum absolute atomic E-state index is 0.208. The average molecular weight is 284 g/mol. The molecule has 5 nitrogen and oxygen atoms in total. The number of benzene rings is 1. The molecule has 0 aliphatic carbocycles. The fourth-order valence-electron chi connectivity index (χ4n) is 2.56. The maximum Gasteiger partial charge on any atom is 0.339 e. The highest BCUT2D eigenvalue weighted by Gasteiger charge is 2.23. The zero-order valence-electron chi connectivity index (χ0n) is 11.7. The maximum absolute atomic E-state index is 11.3. The summed E-state index contributed by atoms with van der Waals surface area (Å²) in [6.45, 7) is 3.90. The second-order valence-electron chi connectivity index (χ2n) is 5.10. The number of carbonyl (C=O) groups is 1. The van der Waals surface area contributed by atoms with Crippen LogP contribution < -0.4 is 9.64 Å². The van der Waals surface area contributed by atoms with Crippen LogP contribution in [-0.2, 0) is 6.54 Å². The number of aromatic nitrogens is 1. The van der Waals surface area contributed by atoms with E-state index < -0.39 is 5.97 Å². The molecule has 0 unspecified atom stereocenters. The number of anilines is 1. The molecule has 0 spiro atoms. The van der Waals surface area contributed by atoms with E-state index in [0.29, 0.717) is 18.9 Å². The van der Waals surface area contributed by atoms with Gasteiger partial charge in [0.25, 0.3) is 0 Å².